The number of H-pyrrole nitrogens is 1. The normalized spacial score (nSPS) is 11.7. The molecule has 0 amide bonds. The quantitative estimate of drug-likeness (QED) is 0.341. The first-order valence-electron chi connectivity index (χ1n) is 12.8. The van der Waals surface area contributed by atoms with Gasteiger partial charge in [-0.2, -0.15) is 20.4 Å². The van der Waals surface area contributed by atoms with Gasteiger partial charge in [0.25, 0.3) is 0 Å². The van der Waals surface area contributed by atoms with Gasteiger partial charge in [-0.15, -0.1) is 0 Å². The Morgan fingerprint density at radius 1 is 0.459 bits per heavy atom. The zero-order valence-corrected chi connectivity index (χ0v) is 23.2. The van der Waals surface area contributed by atoms with Gasteiger partial charge >= 0.3 is 0 Å². The van der Waals surface area contributed by atoms with Crippen molar-refractivity contribution in [1.29, 1.82) is 0 Å². The molecule has 0 aliphatic rings. The fraction of sp³-hybridized carbons (Fsp3) is 0.429. The lowest BCUT2D eigenvalue weighted by atomic mass is 10.1. The van der Waals surface area contributed by atoms with Crippen LogP contribution in [-0.2, 0) is 26.2 Å². The molecule has 0 aromatic carbocycles. The van der Waals surface area contributed by atoms with Gasteiger partial charge in [0.1, 0.15) is 0 Å². The van der Waals surface area contributed by atoms with Crippen molar-refractivity contribution in [2.45, 2.75) is 81.6 Å². The molecule has 0 spiro atoms. The predicted octanol–water partition coefficient (Wildman–Crippen LogP) is 4.46. The Morgan fingerprint density at radius 2 is 0.730 bits per heavy atom. The van der Waals surface area contributed by atoms with Gasteiger partial charge < -0.3 is 4.98 Å². The topological polar surface area (TPSA) is 87.1 Å². The summed E-state index contributed by atoms with van der Waals surface area (Å²) in [5, 5.41) is 19.1. The fourth-order valence-electron chi connectivity index (χ4n) is 5.29. The third kappa shape index (κ3) is 5.03. The van der Waals surface area contributed by atoms with E-state index in [2.05, 4.69) is 75.7 Å². The van der Waals surface area contributed by atoms with Crippen molar-refractivity contribution in [3.63, 3.8) is 0 Å². The highest BCUT2D eigenvalue weighted by Crippen LogP contribution is 2.26. The second kappa shape index (κ2) is 9.53. The number of aromatic amines is 1. The third-order valence-corrected chi connectivity index (χ3v) is 7.04. The van der Waals surface area contributed by atoms with E-state index in [1.807, 2.05) is 27.7 Å². The van der Waals surface area contributed by atoms with Gasteiger partial charge in [0.15, 0.2) is 0 Å². The standard InChI is InChI=1S/C28H37N9/c1-17-9-21(5)34(30-17)13-25-26(14-35-22(6)10-18(2)31-35)28(16-37-24(8)12-20(4)33-37)29-27(25)15-36-23(7)11-19(3)32-36/h9-12,29H,13-16H2,1-8H3. The van der Waals surface area contributed by atoms with Crippen molar-refractivity contribution in [2.24, 2.45) is 0 Å². The molecule has 0 bridgehead atoms. The Balaban J connectivity index is 1.66. The minimum atomic E-state index is 0.662. The highest BCUT2D eigenvalue weighted by atomic mass is 15.3. The molecule has 0 aliphatic heterocycles. The highest BCUT2D eigenvalue weighted by molar-refractivity contribution is 5.39. The lowest BCUT2D eigenvalue weighted by Crippen LogP contribution is -2.13. The van der Waals surface area contributed by atoms with E-state index in [1.54, 1.807) is 0 Å². The molecular weight excluding hydrogens is 462 g/mol. The van der Waals surface area contributed by atoms with Gasteiger partial charge in [0.2, 0.25) is 0 Å². The number of rotatable bonds is 8. The summed E-state index contributed by atoms with van der Waals surface area (Å²) >= 11 is 0. The number of nitrogens with one attached hydrogen (secondary N) is 1. The van der Waals surface area contributed by atoms with Gasteiger partial charge in [0, 0.05) is 45.3 Å². The van der Waals surface area contributed by atoms with Gasteiger partial charge in [-0.1, -0.05) is 0 Å². The average Bonchev–Trinajstić information content (AvgIpc) is 3.56. The Kier molecular flexibility index (Phi) is 6.39. The molecule has 5 aromatic rings. The van der Waals surface area contributed by atoms with Crippen LogP contribution < -0.4 is 0 Å². The highest BCUT2D eigenvalue weighted by Gasteiger charge is 2.22. The predicted molar refractivity (Wildman–Crippen MR) is 144 cm³/mol. The minimum absolute atomic E-state index is 0.662. The summed E-state index contributed by atoms with van der Waals surface area (Å²) in [6, 6.07) is 8.50. The number of hydrogen-bond donors (Lipinski definition) is 1. The van der Waals surface area contributed by atoms with E-state index in [0.29, 0.717) is 26.2 Å². The van der Waals surface area contributed by atoms with Crippen LogP contribution in [0.2, 0.25) is 0 Å². The van der Waals surface area contributed by atoms with Crippen LogP contribution in [0, 0.1) is 55.4 Å². The molecular formula is C28H37N9. The molecule has 0 atom stereocenters. The molecule has 5 heterocycles. The van der Waals surface area contributed by atoms with Crippen LogP contribution in [0.4, 0.5) is 0 Å². The summed E-state index contributed by atoms with van der Waals surface area (Å²) in [6.45, 7) is 19.3. The van der Waals surface area contributed by atoms with Crippen LogP contribution in [-0.4, -0.2) is 44.1 Å². The van der Waals surface area contributed by atoms with Crippen molar-refractivity contribution in [3.8, 4) is 0 Å². The summed E-state index contributed by atoms with van der Waals surface area (Å²) in [7, 11) is 0. The summed E-state index contributed by atoms with van der Waals surface area (Å²) in [6.07, 6.45) is 0. The molecule has 0 saturated heterocycles. The van der Waals surface area contributed by atoms with Crippen LogP contribution in [0.3, 0.4) is 0 Å². The SMILES string of the molecule is Cc1cc(C)n(Cc2[nH]c(Cn3nc(C)cc3C)c(Cn3nc(C)cc3C)c2Cn2nc(C)cc2C)n1. The van der Waals surface area contributed by atoms with Crippen molar-refractivity contribution >= 4 is 0 Å². The van der Waals surface area contributed by atoms with Crippen molar-refractivity contribution < 1.29 is 0 Å². The molecule has 5 aromatic heterocycles. The maximum Gasteiger partial charge on any atom is 0.0815 e. The van der Waals surface area contributed by atoms with Crippen LogP contribution in [0.1, 0.15) is 68.1 Å². The number of aryl methyl sites for hydroxylation is 8. The minimum Gasteiger partial charge on any atom is -0.359 e. The molecule has 0 unspecified atom stereocenters. The van der Waals surface area contributed by atoms with Crippen molar-refractivity contribution in [3.05, 3.63) is 92.3 Å². The molecule has 37 heavy (non-hydrogen) atoms. The molecule has 9 heteroatoms. The first-order chi connectivity index (χ1) is 17.6. The molecule has 5 rings (SSSR count). The van der Waals surface area contributed by atoms with Crippen LogP contribution in [0.15, 0.2) is 24.3 Å². The summed E-state index contributed by atoms with van der Waals surface area (Å²) in [4.78, 5) is 3.81. The van der Waals surface area contributed by atoms with E-state index in [-0.39, 0.29) is 0 Å². The summed E-state index contributed by atoms with van der Waals surface area (Å²) in [5.74, 6) is 0. The van der Waals surface area contributed by atoms with Gasteiger partial charge in [-0.3, -0.25) is 18.7 Å². The molecule has 0 fully saturated rings. The molecule has 0 radical (unpaired) electrons. The molecule has 0 aliphatic carbocycles. The summed E-state index contributed by atoms with van der Waals surface area (Å²) < 4.78 is 8.35. The second-order valence-corrected chi connectivity index (χ2v) is 10.4. The maximum absolute atomic E-state index is 4.80. The van der Waals surface area contributed by atoms with E-state index < -0.39 is 0 Å². The third-order valence-electron chi connectivity index (χ3n) is 7.04. The van der Waals surface area contributed by atoms with Gasteiger partial charge in [-0.25, -0.2) is 0 Å². The monoisotopic (exact) mass is 499 g/mol. The van der Waals surface area contributed by atoms with Gasteiger partial charge in [-0.05, 0) is 79.7 Å². The zero-order valence-electron chi connectivity index (χ0n) is 23.2. The Bertz CT molecular complexity index is 1450. The zero-order chi connectivity index (χ0) is 26.4. The fourth-order valence-corrected chi connectivity index (χ4v) is 5.29. The van der Waals surface area contributed by atoms with Crippen LogP contribution in [0.5, 0.6) is 0 Å². The lowest BCUT2D eigenvalue weighted by molar-refractivity contribution is 0.608. The first kappa shape index (κ1) is 24.8. The maximum atomic E-state index is 4.80. The lowest BCUT2D eigenvalue weighted by Gasteiger charge is -2.13. The second-order valence-electron chi connectivity index (χ2n) is 10.4. The molecule has 9 nitrogen and oxygen atoms in total. The van der Waals surface area contributed by atoms with Crippen molar-refractivity contribution in [2.75, 3.05) is 0 Å². The first-order valence-corrected chi connectivity index (χ1v) is 12.8. The van der Waals surface area contributed by atoms with E-state index in [0.717, 1.165) is 56.9 Å². The van der Waals surface area contributed by atoms with Crippen LogP contribution >= 0.6 is 0 Å². The van der Waals surface area contributed by atoms with E-state index in [1.165, 1.54) is 11.1 Å². The summed E-state index contributed by atoms with van der Waals surface area (Å²) in [5.41, 5.74) is 13.4. The Labute approximate surface area is 218 Å². The van der Waals surface area contributed by atoms with E-state index >= 15 is 0 Å². The smallest absolute Gasteiger partial charge is 0.0815 e. The Morgan fingerprint density at radius 3 is 0.973 bits per heavy atom. The molecule has 1 N–H and O–H groups in total. The van der Waals surface area contributed by atoms with E-state index in [4.69, 9.17) is 20.4 Å². The number of hydrogen-bond acceptors (Lipinski definition) is 4. The van der Waals surface area contributed by atoms with Gasteiger partial charge in [0.05, 0.1) is 49.0 Å². The van der Waals surface area contributed by atoms with Crippen molar-refractivity contribution in [1.82, 2.24) is 44.1 Å². The Hall–Kier alpha value is -3.88. The number of aromatic nitrogens is 9. The average molecular weight is 500 g/mol. The van der Waals surface area contributed by atoms with Crippen LogP contribution in [0.25, 0.3) is 0 Å². The number of nitrogens with zero attached hydrogens (tertiary/aromatic N) is 8. The molecule has 194 valence electrons. The van der Waals surface area contributed by atoms with E-state index in [9.17, 15) is 0 Å². The molecule has 0 saturated carbocycles. The largest absolute Gasteiger partial charge is 0.359 e.